The average molecular weight is 436 g/mol. The highest BCUT2D eigenvalue weighted by Gasteiger charge is 2.25. The molecule has 0 bridgehead atoms. The van der Waals surface area contributed by atoms with E-state index in [1.165, 1.54) is 11.1 Å². The van der Waals surface area contributed by atoms with Gasteiger partial charge >= 0.3 is 0 Å². The molecule has 0 saturated heterocycles. The van der Waals surface area contributed by atoms with Crippen molar-refractivity contribution < 1.29 is 4.79 Å². The van der Waals surface area contributed by atoms with Crippen LogP contribution in [0, 0.1) is 5.92 Å². The lowest BCUT2D eigenvalue weighted by Gasteiger charge is -2.38. The largest absolute Gasteiger partial charge is 0.356 e. The number of rotatable bonds is 8. The van der Waals surface area contributed by atoms with E-state index in [1.54, 1.807) is 7.05 Å². The molecule has 0 fully saturated rings. The van der Waals surface area contributed by atoms with Gasteiger partial charge in [0.2, 0.25) is 0 Å². The SMILES string of the molecule is CN=C(NCCc1cccc(C(=O)NC)c1)NCC(C(C)C)N1CCc2ccccc2C1. The van der Waals surface area contributed by atoms with Gasteiger partial charge < -0.3 is 16.0 Å². The van der Waals surface area contributed by atoms with Crippen molar-refractivity contribution in [3.8, 4) is 0 Å². The fraction of sp³-hybridized carbons (Fsp3) is 0.462. The summed E-state index contributed by atoms with van der Waals surface area (Å²) in [6.07, 6.45) is 1.93. The monoisotopic (exact) mass is 435 g/mol. The summed E-state index contributed by atoms with van der Waals surface area (Å²) in [7, 11) is 3.46. The number of carbonyl (C=O) groups is 1. The second-order valence-corrected chi connectivity index (χ2v) is 8.71. The summed E-state index contributed by atoms with van der Waals surface area (Å²) >= 11 is 0. The smallest absolute Gasteiger partial charge is 0.251 e. The van der Waals surface area contributed by atoms with Crippen LogP contribution in [0.2, 0.25) is 0 Å². The van der Waals surface area contributed by atoms with E-state index in [4.69, 9.17) is 0 Å². The first-order valence-electron chi connectivity index (χ1n) is 11.6. The first kappa shape index (κ1) is 23.8. The van der Waals surface area contributed by atoms with Crippen LogP contribution in [0.5, 0.6) is 0 Å². The van der Waals surface area contributed by atoms with Crippen LogP contribution >= 0.6 is 0 Å². The number of aliphatic imine (C=N–C) groups is 1. The van der Waals surface area contributed by atoms with Crippen LogP contribution in [0.1, 0.15) is 40.9 Å². The van der Waals surface area contributed by atoms with Gasteiger partial charge in [-0.15, -0.1) is 0 Å². The van der Waals surface area contributed by atoms with Crippen LogP contribution < -0.4 is 16.0 Å². The van der Waals surface area contributed by atoms with E-state index in [0.717, 1.165) is 50.5 Å². The highest BCUT2D eigenvalue weighted by atomic mass is 16.1. The number of guanidine groups is 1. The molecule has 0 radical (unpaired) electrons. The second-order valence-electron chi connectivity index (χ2n) is 8.71. The van der Waals surface area contributed by atoms with Crippen LogP contribution in [0.3, 0.4) is 0 Å². The van der Waals surface area contributed by atoms with E-state index >= 15 is 0 Å². The summed E-state index contributed by atoms with van der Waals surface area (Å²) in [5, 5.41) is 9.62. The standard InChI is InChI=1S/C26H37N5O/c1-19(2)24(31-15-13-21-9-5-6-10-23(21)18-31)17-30-26(28-4)29-14-12-20-8-7-11-22(16-20)25(32)27-3/h5-11,16,19,24H,12-15,17-18H2,1-4H3,(H,27,32)(H2,28,29,30). The minimum absolute atomic E-state index is 0.0580. The van der Waals surface area contributed by atoms with Gasteiger partial charge in [-0.2, -0.15) is 0 Å². The molecule has 1 heterocycles. The van der Waals surface area contributed by atoms with E-state index in [2.05, 4.69) is 64.0 Å². The van der Waals surface area contributed by atoms with Crippen molar-refractivity contribution in [3.05, 3.63) is 70.8 Å². The van der Waals surface area contributed by atoms with E-state index in [9.17, 15) is 4.79 Å². The zero-order valence-electron chi connectivity index (χ0n) is 19.8. The van der Waals surface area contributed by atoms with Gasteiger partial charge in [0.1, 0.15) is 0 Å². The Morgan fingerprint density at radius 2 is 1.88 bits per heavy atom. The lowest BCUT2D eigenvalue weighted by Crippen LogP contribution is -2.50. The molecule has 1 aliphatic heterocycles. The van der Waals surface area contributed by atoms with Gasteiger partial charge in [-0.05, 0) is 47.6 Å². The highest BCUT2D eigenvalue weighted by molar-refractivity contribution is 5.94. The Bertz CT molecular complexity index is 924. The molecule has 1 unspecified atom stereocenters. The number of nitrogens with zero attached hydrogens (tertiary/aromatic N) is 2. The second kappa shape index (κ2) is 11.7. The van der Waals surface area contributed by atoms with Gasteiger partial charge in [0.05, 0.1) is 0 Å². The normalized spacial score (nSPS) is 15.2. The van der Waals surface area contributed by atoms with Crippen molar-refractivity contribution in [3.63, 3.8) is 0 Å². The van der Waals surface area contributed by atoms with Crippen molar-refractivity contribution in [2.45, 2.75) is 39.3 Å². The van der Waals surface area contributed by atoms with Crippen LogP contribution in [0.15, 0.2) is 53.5 Å². The number of nitrogens with one attached hydrogen (secondary N) is 3. The summed E-state index contributed by atoms with van der Waals surface area (Å²) in [6, 6.07) is 17.0. The molecule has 0 aliphatic carbocycles. The molecule has 1 aliphatic rings. The summed E-state index contributed by atoms with van der Waals surface area (Å²) in [5.41, 5.74) is 4.75. The van der Waals surface area contributed by atoms with Gasteiger partial charge in [-0.25, -0.2) is 0 Å². The molecule has 1 amide bonds. The molecule has 32 heavy (non-hydrogen) atoms. The van der Waals surface area contributed by atoms with Crippen molar-refractivity contribution in [2.75, 3.05) is 33.7 Å². The summed E-state index contributed by atoms with van der Waals surface area (Å²) in [5.74, 6) is 1.30. The molecule has 0 saturated carbocycles. The molecule has 2 aromatic rings. The molecule has 3 N–H and O–H groups in total. The van der Waals surface area contributed by atoms with E-state index in [-0.39, 0.29) is 5.91 Å². The average Bonchev–Trinajstić information content (AvgIpc) is 2.82. The maximum atomic E-state index is 11.8. The fourth-order valence-electron chi connectivity index (χ4n) is 4.35. The molecule has 2 aromatic carbocycles. The number of benzene rings is 2. The Labute approximate surface area is 192 Å². The molecular formula is C26H37N5O. The van der Waals surface area contributed by atoms with Crippen molar-refractivity contribution >= 4 is 11.9 Å². The number of fused-ring (bicyclic) bond motifs is 1. The van der Waals surface area contributed by atoms with Crippen molar-refractivity contribution in [1.29, 1.82) is 0 Å². The molecule has 6 nitrogen and oxygen atoms in total. The van der Waals surface area contributed by atoms with Crippen molar-refractivity contribution in [2.24, 2.45) is 10.9 Å². The Hall–Kier alpha value is -2.86. The Morgan fingerprint density at radius 1 is 1.09 bits per heavy atom. The zero-order chi connectivity index (χ0) is 22.9. The fourth-order valence-corrected chi connectivity index (χ4v) is 4.35. The molecule has 6 heteroatoms. The quantitative estimate of drug-likeness (QED) is 0.441. The number of amides is 1. The molecular weight excluding hydrogens is 398 g/mol. The topological polar surface area (TPSA) is 68.8 Å². The third-order valence-corrected chi connectivity index (χ3v) is 6.22. The van der Waals surface area contributed by atoms with Crippen LogP contribution in [-0.4, -0.2) is 56.5 Å². The Morgan fingerprint density at radius 3 is 2.59 bits per heavy atom. The van der Waals surface area contributed by atoms with Crippen LogP contribution in [-0.2, 0) is 19.4 Å². The molecule has 0 spiro atoms. The van der Waals surface area contributed by atoms with Gasteiger partial charge in [-0.1, -0.05) is 50.2 Å². The number of hydrogen-bond donors (Lipinski definition) is 3. The van der Waals surface area contributed by atoms with Gasteiger partial charge in [0.25, 0.3) is 5.91 Å². The van der Waals surface area contributed by atoms with E-state index in [0.29, 0.717) is 17.5 Å². The highest BCUT2D eigenvalue weighted by Crippen LogP contribution is 2.22. The van der Waals surface area contributed by atoms with Gasteiger partial charge in [0.15, 0.2) is 5.96 Å². The lowest BCUT2D eigenvalue weighted by molar-refractivity contribution is 0.0963. The molecule has 172 valence electrons. The molecule has 1 atom stereocenters. The number of hydrogen-bond acceptors (Lipinski definition) is 3. The molecule has 0 aromatic heterocycles. The lowest BCUT2D eigenvalue weighted by atomic mass is 9.95. The molecule has 3 rings (SSSR count). The third-order valence-electron chi connectivity index (χ3n) is 6.22. The van der Waals surface area contributed by atoms with Gasteiger partial charge in [0, 0.05) is 51.9 Å². The summed E-state index contributed by atoms with van der Waals surface area (Å²) < 4.78 is 0. The number of carbonyl (C=O) groups excluding carboxylic acids is 1. The summed E-state index contributed by atoms with van der Waals surface area (Å²) in [6.45, 7) is 8.29. The Kier molecular flexibility index (Phi) is 8.68. The van der Waals surface area contributed by atoms with Crippen LogP contribution in [0.4, 0.5) is 0 Å². The third kappa shape index (κ3) is 6.33. The Balaban J connectivity index is 1.51. The van der Waals surface area contributed by atoms with Crippen LogP contribution in [0.25, 0.3) is 0 Å². The zero-order valence-corrected chi connectivity index (χ0v) is 19.8. The van der Waals surface area contributed by atoms with E-state index in [1.807, 2.05) is 31.3 Å². The summed E-state index contributed by atoms with van der Waals surface area (Å²) in [4.78, 5) is 18.8. The predicted octanol–water partition coefficient (Wildman–Crippen LogP) is 2.84. The minimum atomic E-state index is -0.0580. The maximum Gasteiger partial charge on any atom is 0.251 e. The van der Waals surface area contributed by atoms with E-state index < -0.39 is 0 Å². The minimum Gasteiger partial charge on any atom is -0.356 e. The predicted molar refractivity (Wildman–Crippen MR) is 132 cm³/mol. The first-order valence-corrected chi connectivity index (χ1v) is 11.6. The first-order chi connectivity index (χ1) is 15.5. The maximum absolute atomic E-state index is 11.8. The van der Waals surface area contributed by atoms with Gasteiger partial charge in [-0.3, -0.25) is 14.7 Å². The van der Waals surface area contributed by atoms with Crippen molar-refractivity contribution in [1.82, 2.24) is 20.9 Å².